The summed E-state index contributed by atoms with van der Waals surface area (Å²) in [4.78, 5) is 7.85. The molecule has 0 amide bonds. The maximum absolute atomic E-state index is 7.94. The molecular weight excluding hydrogens is 1070 g/mol. The predicted molar refractivity (Wildman–Crippen MR) is 375 cm³/mol. The van der Waals surface area contributed by atoms with E-state index >= 15 is 0 Å². The Labute approximate surface area is 524 Å². The molecule has 4 heterocycles. The summed E-state index contributed by atoms with van der Waals surface area (Å²) >= 11 is 0. The smallest absolute Gasteiger partial charge is 0.297 e. The minimum atomic E-state index is -0.233. The molecule has 0 saturated heterocycles. The van der Waals surface area contributed by atoms with Gasteiger partial charge in [0.15, 0.2) is 0 Å². The Hall–Kier alpha value is -7.44. The van der Waals surface area contributed by atoms with Gasteiger partial charge in [-0.25, -0.2) is 0 Å². The Balaban J connectivity index is 1.11. The van der Waals surface area contributed by atoms with Crippen molar-refractivity contribution in [1.82, 2.24) is 0 Å². The van der Waals surface area contributed by atoms with Crippen LogP contribution in [-0.2, 0) is 43.3 Å². The molecular formula is C82H90BN3O2. The lowest BCUT2D eigenvalue weighted by molar-refractivity contribution is 0.332. The van der Waals surface area contributed by atoms with Crippen molar-refractivity contribution in [2.45, 2.75) is 206 Å². The molecule has 5 nitrogen and oxygen atoms in total. The highest BCUT2D eigenvalue weighted by atomic mass is 16.3. The average molecular weight is 1160 g/mol. The van der Waals surface area contributed by atoms with E-state index in [0.29, 0.717) is 0 Å². The van der Waals surface area contributed by atoms with Gasteiger partial charge in [0.1, 0.15) is 16.7 Å². The fraction of sp³-hybridized carbons (Fsp3) is 0.390. The Morgan fingerprint density at radius 3 is 1.47 bits per heavy atom. The average Bonchev–Trinajstić information content (AvgIpc) is 0.918. The summed E-state index contributed by atoms with van der Waals surface area (Å²) in [6.45, 7) is 43.3. The first kappa shape index (κ1) is 57.0. The summed E-state index contributed by atoms with van der Waals surface area (Å²) in [5.41, 5.74) is 27.7. The van der Waals surface area contributed by atoms with Crippen LogP contribution in [0.4, 0.5) is 51.2 Å². The first-order valence-corrected chi connectivity index (χ1v) is 33.0. The molecule has 8 aromatic carbocycles. The summed E-state index contributed by atoms with van der Waals surface area (Å²) in [7, 11) is 0. The van der Waals surface area contributed by atoms with Gasteiger partial charge in [0, 0.05) is 56.0 Å². The van der Waals surface area contributed by atoms with Crippen LogP contribution in [0.3, 0.4) is 0 Å². The minimum Gasteiger partial charge on any atom is -0.468 e. The molecule has 0 saturated carbocycles. The molecule has 5 aliphatic rings. The largest absolute Gasteiger partial charge is 0.468 e. The lowest BCUT2D eigenvalue weighted by atomic mass is 9.35. The van der Waals surface area contributed by atoms with Crippen molar-refractivity contribution in [3.05, 3.63) is 190 Å². The molecule has 448 valence electrons. The van der Waals surface area contributed by atoms with Crippen LogP contribution < -0.4 is 31.3 Å². The van der Waals surface area contributed by atoms with Crippen molar-refractivity contribution in [3.8, 4) is 0 Å². The van der Waals surface area contributed by atoms with Gasteiger partial charge >= 0.3 is 0 Å². The van der Waals surface area contributed by atoms with Crippen molar-refractivity contribution in [2.24, 2.45) is 0 Å². The summed E-state index contributed by atoms with van der Waals surface area (Å²) < 4.78 is 14.5. The van der Waals surface area contributed by atoms with Gasteiger partial charge < -0.3 is 23.5 Å². The standard InChI is InChI=1S/C82H90BN3O2/c1-75(2,3)49-23-27-51(28-24-49)84(53-32-34-70-57(41-53)56-21-19-20-22-69(56)87-70)55-43-67-72-68(44-55)86(54-31-33-59-60(42-54)78(9,10)36-35-77(59,7)8)73-58-45-61-64(82(17,18)40-37-79(61,11)12)48-71(58)88-74(73)83(72)65-46-62-63(81(15,16)39-38-80(62,13)14)47-66(65)85(67)52-29-25-50(26-30-52)76(4,5)6/h19-34,41-48H,35-40H2,1-18H3. The summed E-state index contributed by atoms with van der Waals surface area (Å²) in [6, 6.07) is 57.2. The summed E-state index contributed by atoms with van der Waals surface area (Å²) in [5, 5.41) is 3.39. The van der Waals surface area contributed by atoms with Crippen LogP contribution in [0.5, 0.6) is 0 Å². The Bertz CT molecular complexity index is 4540. The molecule has 88 heavy (non-hydrogen) atoms. The number of para-hydroxylation sites is 1. The Morgan fingerprint density at radius 1 is 0.375 bits per heavy atom. The molecule has 0 bridgehead atoms. The van der Waals surface area contributed by atoms with Crippen molar-refractivity contribution in [1.29, 1.82) is 0 Å². The van der Waals surface area contributed by atoms with Gasteiger partial charge in [-0.05, 0) is 228 Å². The monoisotopic (exact) mass is 1160 g/mol. The number of nitrogens with zero attached hydrogens (tertiary/aromatic N) is 3. The van der Waals surface area contributed by atoms with E-state index in [0.717, 1.165) is 112 Å². The third-order valence-electron chi connectivity index (χ3n) is 22.5. The SMILES string of the molecule is CC(C)(C)c1ccc(N(c2cc3c4c(c2)N(c2ccc5c(c2)C(C)(C)CCC5(C)C)c2c(oc5cc6c(cc25)C(C)(C)CCC6(C)C)B4c2cc4c(cc2N3c2ccc(C(C)(C)C)cc2)C(C)(C)CCC4(C)C)c2ccc3oc4ccccc4c3c2)cc1. The molecule has 2 aromatic heterocycles. The molecule has 2 aliphatic heterocycles. The number of anilines is 9. The first-order valence-electron chi connectivity index (χ1n) is 33.0. The number of furan rings is 2. The zero-order valence-electron chi connectivity index (χ0n) is 55.8. The molecule has 0 spiro atoms. The van der Waals surface area contributed by atoms with Crippen LogP contribution in [0.15, 0.2) is 154 Å². The summed E-state index contributed by atoms with van der Waals surface area (Å²) in [5.74, 6) is 0. The number of hydrogen-bond acceptors (Lipinski definition) is 5. The number of hydrogen-bond donors (Lipinski definition) is 0. The predicted octanol–water partition coefficient (Wildman–Crippen LogP) is 21.5. The molecule has 10 aromatic rings. The number of rotatable bonds is 5. The third kappa shape index (κ3) is 8.59. The van der Waals surface area contributed by atoms with E-state index in [9.17, 15) is 0 Å². The van der Waals surface area contributed by atoms with Crippen LogP contribution in [0.2, 0.25) is 0 Å². The van der Waals surface area contributed by atoms with Gasteiger partial charge in [-0.15, -0.1) is 0 Å². The fourth-order valence-electron chi connectivity index (χ4n) is 16.5. The topological polar surface area (TPSA) is 36.0 Å². The van der Waals surface area contributed by atoms with Crippen LogP contribution in [0.1, 0.15) is 208 Å². The van der Waals surface area contributed by atoms with Gasteiger partial charge in [-0.3, -0.25) is 0 Å². The Morgan fingerprint density at radius 2 is 0.864 bits per heavy atom. The van der Waals surface area contributed by atoms with E-state index < -0.39 is 0 Å². The maximum atomic E-state index is 7.94. The van der Waals surface area contributed by atoms with Crippen LogP contribution in [0.25, 0.3) is 32.9 Å². The van der Waals surface area contributed by atoms with Crippen LogP contribution in [0, 0.1) is 0 Å². The first-order chi connectivity index (χ1) is 41.3. The van der Waals surface area contributed by atoms with Gasteiger partial charge in [-0.2, -0.15) is 0 Å². The molecule has 0 unspecified atom stereocenters. The van der Waals surface area contributed by atoms with Gasteiger partial charge in [-0.1, -0.05) is 179 Å². The van der Waals surface area contributed by atoms with E-state index in [-0.39, 0.29) is 50.0 Å². The second-order valence-corrected chi connectivity index (χ2v) is 33.4. The quantitative estimate of drug-likeness (QED) is 0.161. The molecule has 0 N–H and O–H groups in total. The van der Waals surface area contributed by atoms with Crippen molar-refractivity contribution >= 4 is 107 Å². The lowest BCUT2D eigenvalue weighted by Crippen LogP contribution is -2.61. The molecule has 0 radical (unpaired) electrons. The fourth-order valence-corrected chi connectivity index (χ4v) is 16.5. The number of benzene rings is 8. The van der Waals surface area contributed by atoms with E-state index in [4.69, 9.17) is 8.83 Å². The lowest BCUT2D eigenvalue weighted by Gasteiger charge is -2.47. The zero-order chi connectivity index (χ0) is 61.9. The van der Waals surface area contributed by atoms with E-state index in [1.165, 1.54) is 72.2 Å². The second-order valence-electron chi connectivity index (χ2n) is 33.4. The van der Waals surface area contributed by atoms with Crippen molar-refractivity contribution in [3.63, 3.8) is 0 Å². The van der Waals surface area contributed by atoms with Gasteiger partial charge in [0.25, 0.3) is 6.71 Å². The second kappa shape index (κ2) is 18.6. The van der Waals surface area contributed by atoms with Crippen molar-refractivity contribution in [2.75, 3.05) is 14.7 Å². The van der Waals surface area contributed by atoms with E-state index in [1.807, 2.05) is 0 Å². The van der Waals surface area contributed by atoms with Crippen LogP contribution >= 0.6 is 0 Å². The zero-order valence-corrected chi connectivity index (χ0v) is 55.8. The molecule has 0 fully saturated rings. The maximum Gasteiger partial charge on any atom is 0.297 e. The molecule has 6 heteroatoms. The van der Waals surface area contributed by atoms with Crippen molar-refractivity contribution < 1.29 is 8.83 Å². The van der Waals surface area contributed by atoms with Gasteiger partial charge in [0.05, 0.1) is 17.0 Å². The van der Waals surface area contributed by atoms with Gasteiger partial charge in [0.2, 0.25) is 0 Å². The van der Waals surface area contributed by atoms with E-state index in [1.54, 1.807) is 0 Å². The van der Waals surface area contributed by atoms with E-state index in [2.05, 4.69) is 285 Å². The highest BCUT2D eigenvalue weighted by Crippen LogP contribution is 2.57. The highest BCUT2D eigenvalue weighted by molar-refractivity contribution is 7.00. The molecule has 3 aliphatic carbocycles. The minimum absolute atomic E-state index is 0.00777. The Kier molecular flexibility index (Phi) is 12.0. The number of fused-ring (bicyclic) bond motifs is 12. The molecule has 0 atom stereocenters. The summed E-state index contributed by atoms with van der Waals surface area (Å²) in [6.07, 6.45) is 6.77. The highest BCUT2D eigenvalue weighted by Gasteiger charge is 2.51. The van der Waals surface area contributed by atoms with Crippen LogP contribution in [-0.4, -0.2) is 6.71 Å². The normalized spacial score (nSPS) is 19.0. The third-order valence-corrected chi connectivity index (χ3v) is 22.5. The molecule has 15 rings (SSSR count).